The maximum absolute atomic E-state index is 12.5. The van der Waals surface area contributed by atoms with Crippen molar-refractivity contribution >= 4 is 11.2 Å². The van der Waals surface area contributed by atoms with Crippen molar-refractivity contribution in [2.24, 2.45) is 12.8 Å². The molecule has 2 N–H and O–H groups in total. The zero-order valence-corrected chi connectivity index (χ0v) is 13.5. The Kier molecular flexibility index (Phi) is 4.82. The summed E-state index contributed by atoms with van der Waals surface area (Å²) in [6.07, 6.45) is 0.714. The van der Waals surface area contributed by atoms with Crippen molar-refractivity contribution in [3.63, 3.8) is 0 Å². The Labute approximate surface area is 128 Å². The van der Waals surface area contributed by atoms with Crippen molar-refractivity contribution in [2.45, 2.75) is 39.5 Å². The van der Waals surface area contributed by atoms with Gasteiger partial charge in [-0.2, -0.15) is 0 Å². The van der Waals surface area contributed by atoms with E-state index >= 15 is 0 Å². The van der Waals surface area contributed by atoms with Gasteiger partial charge in [-0.15, -0.1) is 0 Å². The predicted molar refractivity (Wildman–Crippen MR) is 84.0 cm³/mol. The highest BCUT2D eigenvalue weighted by molar-refractivity contribution is 5.71. The summed E-state index contributed by atoms with van der Waals surface area (Å²) in [4.78, 5) is 29.4. The molecule has 8 nitrogen and oxygen atoms in total. The fourth-order valence-electron chi connectivity index (χ4n) is 2.56. The van der Waals surface area contributed by atoms with Gasteiger partial charge in [0.1, 0.15) is 12.4 Å². The summed E-state index contributed by atoms with van der Waals surface area (Å²) >= 11 is 0. The van der Waals surface area contributed by atoms with Gasteiger partial charge in [-0.1, -0.05) is 0 Å². The Morgan fingerprint density at radius 2 is 2.00 bits per heavy atom. The van der Waals surface area contributed by atoms with Crippen LogP contribution in [0.4, 0.5) is 0 Å². The van der Waals surface area contributed by atoms with Crippen molar-refractivity contribution in [2.75, 3.05) is 13.7 Å². The molecule has 0 aliphatic heterocycles. The third-order valence-corrected chi connectivity index (χ3v) is 3.63. The maximum atomic E-state index is 12.5. The van der Waals surface area contributed by atoms with Gasteiger partial charge in [0.2, 0.25) is 0 Å². The zero-order chi connectivity index (χ0) is 16.4. The van der Waals surface area contributed by atoms with E-state index in [0.717, 1.165) is 4.57 Å². The molecule has 8 heteroatoms. The predicted octanol–water partition coefficient (Wildman–Crippen LogP) is -0.0272. The lowest BCUT2D eigenvalue weighted by Gasteiger charge is -2.12. The second kappa shape index (κ2) is 6.45. The highest BCUT2D eigenvalue weighted by atomic mass is 16.5. The van der Waals surface area contributed by atoms with Gasteiger partial charge >= 0.3 is 5.69 Å². The van der Waals surface area contributed by atoms with Gasteiger partial charge < -0.3 is 15.0 Å². The highest BCUT2D eigenvalue weighted by Crippen LogP contribution is 2.16. The van der Waals surface area contributed by atoms with E-state index in [-0.39, 0.29) is 23.9 Å². The van der Waals surface area contributed by atoms with Crippen molar-refractivity contribution < 1.29 is 4.74 Å². The number of aryl methyl sites for hydroxylation is 1. The fourth-order valence-corrected chi connectivity index (χ4v) is 2.56. The van der Waals surface area contributed by atoms with Crippen molar-refractivity contribution in [1.82, 2.24) is 18.7 Å². The van der Waals surface area contributed by atoms with E-state index < -0.39 is 0 Å². The first kappa shape index (κ1) is 16.4. The monoisotopic (exact) mass is 309 g/mol. The van der Waals surface area contributed by atoms with E-state index in [1.165, 1.54) is 11.6 Å². The number of imidazole rings is 1. The quantitative estimate of drug-likeness (QED) is 0.808. The molecule has 0 aliphatic rings. The highest BCUT2D eigenvalue weighted by Gasteiger charge is 2.21. The number of ether oxygens (including phenoxy) is 1. The Hall–Kier alpha value is -1.93. The number of aromatic nitrogens is 4. The molecule has 122 valence electrons. The summed E-state index contributed by atoms with van der Waals surface area (Å²) in [5.74, 6) is 0.628. The van der Waals surface area contributed by atoms with Gasteiger partial charge in [0.05, 0.1) is 0 Å². The molecule has 0 fully saturated rings. The smallest absolute Gasteiger partial charge is 0.332 e. The molecule has 0 unspecified atom stereocenters. The van der Waals surface area contributed by atoms with Crippen molar-refractivity contribution in [3.05, 3.63) is 26.7 Å². The van der Waals surface area contributed by atoms with Crippen LogP contribution in [0.2, 0.25) is 0 Å². The van der Waals surface area contributed by atoms with Crippen LogP contribution < -0.4 is 17.0 Å². The summed E-state index contributed by atoms with van der Waals surface area (Å²) < 4.78 is 9.64. The second-order valence-electron chi connectivity index (χ2n) is 5.54. The normalized spacial score (nSPS) is 11.7. The molecule has 2 aromatic heterocycles. The molecule has 22 heavy (non-hydrogen) atoms. The number of hydrogen-bond acceptors (Lipinski definition) is 5. The summed E-state index contributed by atoms with van der Waals surface area (Å²) in [7, 11) is 3.06. The largest absolute Gasteiger partial charge is 0.377 e. The van der Waals surface area contributed by atoms with Gasteiger partial charge in [-0.05, 0) is 26.8 Å². The van der Waals surface area contributed by atoms with Crippen LogP contribution in [0.25, 0.3) is 11.2 Å². The standard InChI is InChI=1S/C14H23N5O3/c1-9(2)19-12-11(13(20)17(3)14(19)21)18(7-5-6-15)10(16-12)8-22-4/h9H,5-8,15H2,1-4H3. The first-order chi connectivity index (χ1) is 10.4. The molecule has 0 atom stereocenters. The summed E-state index contributed by atoms with van der Waals surface area (Å²) in [6, 6.07) is -0.102. The Balaban J connectivity index is 2.89. The number of nitrogens with zero attached hydrogens (tertiary/aromatic N) is 4. The van der Waals surface area contributed by atoms with E-state index in [1.807, 2.05) is 18.4 Å². The van der Waals surface area contributed by atoms with Gasteiger partial charge in [0.25, 0.3) is 5.56 Å². The average Bonchev–Trinajstić information content (AvgIpc) is 2.81. The van der Waals surface area contributed by atoms with Gasteiger partial charge in [0, 0.05) is 26.7 Å². The third kappa shape index (κ3) is 2.59. The van der Waals surface area contributed by atoms with Gasteiger partial charge in [-0.3, -0.25) is 13.9 Å². The average molecular weight is 309 g/mol. The molecule has 2 heterocycles. The van der Waals surface area contributed by atoms with Crippen LogP contribution in [-0.2, 0) is 24.9 Å². The molecule has 0 aromatic carbocycles. The number of methoxy groups -OCH3 is 1. The van der Waals surface area contributed by atoms with Crippen LogP contribution in [0.3, 0.4) is 0 Å². The zero-order valence-electron chi connectivity index (χ0n) is 13.5. The molecule has 0 radical (unpaired) electrons. The van der Waals surface area contributed by atoms with E-state index in [9.17, 15) is 9.59 Å². The first-order valence-electron chi connectivity index (χ1n) is 7.33. The Morgan fingerprint density at radius 1 is 1.32 bits per heavy atom. The van der Waals surface area contributed by atoms with Crippen LogP contribution in [0.15, 0.2) is 9.59 Å². The molecule has 0 bridgehead atoms. The summed E-state index contributed by atoms with van der Waals surface area (Å²) in [5.41, 5.74) is 5.71. The summed E-state index contributed by atoms with van der Waals surface area (Å²) in [6.45, 7) is 5.13. The number of nitrogens with two attached hydrogens (primary N) is 1. The second-order valence-corrected chi connectivity index (χ2v) is 5.54. The van der Waals surface area contributed by atoms with Crippen LogP contribution in [0, 0.1) is 0 Å². The number of hydrogen-bond donors (Lipinski definition) is 1. The minimum absolute atomic E-state index is 0.102. The molecule has 0 aliphatic carbocycles. The minimum Gasteiger partial charge on any atom is -0.377 e. The lowest BCUT2D eigenvalue weighted by Crippen LogP contribution is -2.39. The number of fused-ring (bicyclic) bond motifs is 1. The van der Waals surface area contributed by atoms with Crippen molar-refractivity contribution in [1.29, 1.82) is 0 Å². The van der Waals surface area contributed by atoms with Crippen molar-refractivity contribution in [3.8, 4) is 0 Å². The van der Waals surface area contributed by atoms with Gasteiger partial charge in [0.15, 0.2) is 11.2 Å². The molecule has 0 spiro atoms. The molecule has 0 saturated heterocycles. The Morgan fingerprint density at radius 3 is 2.55 bits per heavy atom. The minimum atomic E-state index is -0.361. The molecule has 2 rings (SSSR count). The number of rotatable bonds is 6. The lowest BCUT2D eigenvalue weighted by atomic mass is 10.3. The molecular weight excluding hydrogens is 286 g/mol. The lowest BCUT2D eigenvalue weighted by molar-refractivity contribution is 0.174. The van der Waals surface area contributed by atoms with E-state index in [1.54, 1.807) is 7.11 Å². The topological polar surface area (TPSA) is 97.1 Å². The molecule has 0 amide bonds. The van der Waals surface area contributed by atoms with E-state index in [4.69, 9.17) is 10.5 Å². The molecule has 2 aromatic rings. The van der Waals surface area contributed by atoms with Crippen LogP contribution in [0.5, 0.6) is 0 Å². The maximum Gasteiger partial charge on any atom is 0.332 e. The van der Waals surface area contributed by atoms with E-state index in [0.29, 0.717) is 36.5 Å². The van der Waals surface area contributed by atoms with Crippen LogP contribution in [0.1, 0.15) is 32.1 Å². The first-order valence-corrected chi connectivity index (χ1v) is 7.33. The SMILES string of the molecule is COCc1nc2c(c(=O)n(C)c(=O)n2C(C)C)n1CCCN. The summed E-state index contributed by atoms with van der Waals surface area (Å²) in [5, 5.41) is 0. The fraction of sp³-hybridized carbons (Fsp3) is 0.643. The molecular formula is C14H23N5O3. The van der Waals surface area contributed by atoms with Crippen LogP contribution >= 0.6 is 0 Å². The van der Waals surface area contributed by atoms with Gasteiger partial charge in [-0.25, -0.2) is 9.78 Å². The van der Waals surface area contributed by atoms with Crippen LogP contribution in [-0.4, -0.2) is 32.3 Å². The van der Waals surface area contributed by atoms with E-state index in [2.05, 4.69) is 4.98 Å². The third-order valence-electron chi connectivity index (χ3n) is 3.63. The Bertz CT molecular complexity index is 784. The molecule has 0 saturated carbocycles.